The predicted molar refractivity (Wildman–Crippen MR) is 82.3 cm³/mol. The third kappa shape index (κ3) is 2.86. The van der Waals surface area contributed by atoms with Crippen molar-refractivity contribution in [2.75, 3.05) is 25.5 Å². The number of terminal acetylenes is 1. The van der Waals surface area contributed by atoms with Crippen molar-refractivity contribution in [3.05, 3.63) is 34.7 Å². The monoisotopic (exact) mass is 286 g/mol. The molecule has 0 aromatic heterocycles. The molecule has 2 amide bonds. The normalized spacial score (nSPS) is 16.6. The Morgan fingerprint density at radius 1 is 1.30 bits per heavy atom. The maximum absolute atomic E-state index is 12.0. The summed E-state index contributed by atoms with van der Waals surface area (Å²) in [4.78, 5) is 27.1. The van der Waals surface area contributed by atoms with Crippen molar-refractivity contribution in [3.63, 3.8) is 0 Å². The first kappa shape index (κ1) is 14.2. The van der Waals surface area contributed by atoms with Crippen molar-refractivity contribution in [1.82, 2.24) is 4.90 Å². The minimum absolute atomic E-state index is 0.0155. The Bertz CT molecular complexity index is 612. The number of carbonyl (C=O) groups is 2. The van der Waals surface area contributed by atoms with Crippen LogP contribution in [0, 0.1) is 12.3 Å². The number of hydrogen-bond donors (Lipinski definition) is 0. The summed E-state index contributed by atoms with van der Waals surface area (Å²) >= 11 is 0.920. The van der Waals surface area contributed by atoms with Gasteiger partial charge in [0.15, 0.2) is 0 Å². The Hall–Kier alpha value is -2.19. The molecule has 1 fully saturated rings. The lowest BCUT2D eigenvalue weighted by Gasteiger charge is -2.11. The van der Waals surface area contributed by atoms with E-state index in [1.807, 2.05) is 43.3 Å². The van der Waals surface area contributed by atoms with Gasteiger partial charge in [0.2, 0.25) is 0 Å². The highest BCUT2D eigenvalue weighted by molar-refractivity contribution is 8.18. The van der Waals surface area contributed by atoms with Gasteiger partial charge in [0.05, 0.1) is 11.4 Å². The second-order valence-electron chi connectivity index (χ2n) is 4.46. The summed E-state index contributed by atoms with van der Waals surface area (Å²) < 4.78 is 0. The Morgan fingerprint density at radius 2 is 1.95 bits per heavy atom. The third-order valence-corrected chi connectivity index (χ3v) is 3.74. The Morgan fingerprint density at radius 3 is 2.50 bits per heavy atom. The lowest BCUT2D eigenvalue weighted by Crippen LogP contribution is -2.28. The zero-order valence-electron chi connectivity index (χ0n) is 11.3. The molecule has 0 N–H and O–H groups in total. The van der Waals surface area contributed by atoms with Crippen molar-refractivity contribution in [2.45, 2.75) is 0 Å². The minimum Gasteiger partial charge on any atom is -0.378 e. The average Bonchev–Trinajstić information content (AvgIpc) is 2.67. The summed E-state index contributed by atoms with van der Waals surface area (Å²) in [6.07, 6.45) is 6.86. The molecule has 1 aromatic rings. The first-order chi connectivity index (χ1) is 9.52. The van der Waals surface area contributed by atoms with E-state index in [0.717, 1.165) is 27.9 Å². The second kappa shape index (κ2) is 5.85. The second-order valence-corrected chi connectivity index (χ2v) is 5.45. The molecule has 5 heteroatoms. The zero-order valence-corrected chi connectivity index (χ0v) is 12.1. The van der Waals surface area contributed by atoms with Crippen LogP contribution in [0.5, 0.6) is 0 Å². The number of benzene rings is 1. The highest BCUT2D eigenvalue weighted by Gasteiger charge is 2.34. The predicted octanol–water partition coefficient (Wildman–Crippen LogP) is 2.42. The van der Waals surface area contributed by atoms with Gasteiger partial charge in [0.25, 0.3) is 11.1 Å². The van der Waals surface area contributed by atoms with E-state index in [-0.39, 0.29) is 17.7 Å². The van der Waals surface area contributed by atoms with Crippen LogP contribution in [0.2, 0.25) is 0 Å². The number of hydrogen-bond acceptors (Lipinski definition) is 4. The van der Waals surface area contributed by atoms with Gasteiger partial charge in [0, 0.05) is 19.8 Å². The average molecular weight is 286 g/mol. The standard InChI is InChI=1S/C15H14N2O2S/c1-4-9-17-14(18)13(20-15(17)19)10-11-5-7-12(8-6-11)16(2)3/h1,5-8,10H,9H2,2-3H3. The molecule has 1 aliphatic rings. The quantitative estimate of drug-likeness (QED) is 0.632. The fourth-order valence-electron chi connectivity index (χ4n) is 1.75. The van der Waals surface area contributed by atoms with Crippen LogP contribution < -0.4 is 4.90 Å². The molecule has 1 saturated heterocycles. The van der Waals surface area contributed by atoms with Gasteiger partial charge in [-0.2, -0.15) is 0 Å². The molecule has 0 aliphatic carbocycles. The topological polar surface area (TPSA) is 40.6 Å². The molecule has 4 nitrogen and oxygen atoms in total. The van der Waals surface area contributed by atoms with Crippen LogP contribution in [0.3, 0.4) is 0 Å². The molecule has 1 aliphatic heterocycles. The number of nitrogens with zero attached hydrogens (tertiary/aromatic N) is 2. The molecule has 0 unspecified atom stereocenters. The van der Waals surface area contributed by atoms with E-state index in [9.17, 15) is 9.59 Å². The van der Waals surface area contributed by atoms with Gasteiger partial charge in [-0.05, 0) is 35.5 Å². The maximum atomic E-state index is 12.0. The van der Waals surface area contributed by atoms with Crippen molar-refractivity contribution < 1.29 is 9.59 Å². The molecule has 2 rings (SSSR count). The van der Waals surface area contributed by atoms with Gasteiger partial charge in [-0.25, -0.2) is 0 Å². The van der Waals surface area contributed by atoms with Gasteiger partial charge in [-0.3, -0.25) is 14.5 Å². The molecule has 0 saturated carbocycles. The Kier molecular flexibility index (Phi) is 4.16. The van der Waals surface area contributed by atoms with E-state index in [2.05, 4.69) is 5.92 Å². The molecule has 20 heavy (non-hydrogen) atoms. The van der Waals surface area contributed by atoms with E-state index in [4.69, 9.17) is 6.42 Å². The van der Waals surface area contributed by atoms with Crippen LogP contribution in [0.15, 0.2) is 29.2 Å². The van der Waals surface area contributed by atoms with Crippen LogP contribution in [0.1, 0.15) is 5.56 Å². The van der Waals surface area contributed by atoms with Crippen molar-refractivity contribution in [2.24, 2.45) is 0 Å². The van der Waals surface area contributed by atoms with Crippen LogP contribution in [0.25, 0.3) is 6.08 Å². The number of carbonyl (C=O) groups excluding carboxylic acids is 2. The van der Waals surface area contributed by atoms with E-state index in [0.29, 0.717) is 4.91 Å². The number of imide groups is 1. The van der Waals surface area contributed by atoms with Crippen molar-refractivity contribution in [3.8, 4) is 12.3 Å². The lowest BCUT2D eigenvalue weighted by atomic mass is 10.2. The van der Waals surface area contributed by atoms with E-state index in [1.54, 1.807) is 6.08 Å². The largest absolute Gasteiger partial charge is 0.378 e. The molecule has 0 spiro atoms. The fourth-order valence-corrected chi connectivity index (χ4v) is 2.59. The van der Waals surface area contributed by atoms with Crippen LogP contribution in [-0.2, 0) is 4.79 Å². The van der Waals surface area contributed by atoms with Crippen LogP contribution in [0.4, 0.5) is 10.5 Å². The number of amides is 2. The maximum Gasteiger partial charge on any atom is 0.294 e. The summed E-state index contributed by atoms with van der Waals surface area (Å²) in [5.41, 5.74) is 1.95. The Labute approximate surface area is 122 Å². The molecular formula is C15H14N2O2S. The lowest BCUT2D eigenvalue weighted by molar-refractivity contribution is -0.122. The molecule has 1 heterocycles. The summed E-state index contributed by atoms with van der Waals surface area (Å²) in [7, 11) is 3.92. The minimum atomic E-state index is -0.324. The fraction of sp³-hybridized carbons (Fsp3) is 0.200. The molecule has 0 atom stereocenters. The number of anilines is 1. The first-order valence-corrected chi connectivity index (χ1v) is 6.81. The smallest absolute Gasteiger partial charge is 0.294 e. The SMILES string of the molecule is C#CCN1C(=O)SC(=Cc2ccc(N(C)C)cc2)C1=O. The van der Waals surface area contributed by atoms with E-state index >= 15 is 0 Å². The van der Waals surface area contributed by atoms with Gasteiger partial charge in [0.1, 0.15) is 0 Å². The Balaban J connectivity index is 2.22. The van der Waals surface area contributed by atoms with E-state index in [1.165, 1.54) is 0 Å². The van der Waals surface area contributed by atoms with E-state index < -0.39 is 0 Å². The van der Waals surface area contributed by atoms with Crippen molar-refractivity contribution in [1.29, 1.82) is 0 Å². The van der Waals surface area contributed by atoms with Gasteiger partial charge >= 0.3 is 0 Å². The summed E-state index contributed by atoms with van der Waals surface area (Å²) in [5, 5.41) is -0.316. The first-order valence-electron chi connectivity index (χ1n) is 5.99. The summed E-state index contributed by atoms with van der Waals surface area (Å²) in [6, 6.07) is 7.73. The van der Waals surface area contributed by atoms with Gasteiger partial charge in [-0.1, -0.05) is 18.1 Å². The molecular weight excluding hydrogens is 272 g/mol. The van der Waals surface area contributed by atoms with Gasteiger partial charge in [-0.15, -0.1) is 6.42 Å². The zero-order chi connectivity index (χ0) is 14.7. The summed E-state index contributed by atoms with van der Waals surface area (Å²) in [6.45, 7) is 0.0155. The molecule has 0 radical (unpaired) electrons. The number of thioether (sulfide) groups is 1. The highest BCUT2D eigenvalue weighted by Crippen LogP contribution is 2.32. The molecule has 1 aromatic carbocycles. The van der Waals surface area contributed by atoms with Crippen LogP contribution in [-0.4, -0.2) is 36.7 Å². The number of rotatable bonds is 3. The molecule has 102 valence electrons. The molecule has 0 bridgehead atoms. The van der Waals surface area contributed by atoms with Crippen LogP contribution >= 0.6 is 11.8 Å². The highest BCUT2D eigenvalue weighted by atomic mass is 32.2. The van der Waals surface area contributed by atoms with Gasteiger partial charge < -0.3 is 4.90 Å². The summed E-state index contributed by atoms with van der Waals surface area (Å²) in [5.74, 6) is 1.99. The third-order valence-electron chi connectivity index (χ3n) is 2.83. The van der Waals surface area contributed by atoms with Crippen molar-refractivity contribution >= 4 is 34.7 Å².